The molecule has 0 spiro atoms. The van der Waals surface area contributed by atoms with Crippen LogP contribution in [-0.2, 0) is 9.53 Å². The maximum Gasteiger partial charge on any atom is 0.250 e. The number of nitrogens with one attached hydrogen (secondary N) is 2. The van der Waals surface area contributed by atoms with Crippen LogP contribution < -0.4 is 15.4 Å². The standard InChI is InChI=1S/C16H20N2O3S/c1-20-14-7-3-2-5-12(14)8-9-15(19)18-16(22)17-11-13-6-4-10-21-13/h2-3,5,7-9,13H,4,6,10-11H2,1H3,(H2,17,18,19,22)/b9-8+/t13-/m0/s1. The molecule has 1 aliphatic rings. The first-order chi connectivity index (χ1) is 10.7. The van der Waals surface area contributed by atoms with E-state index in [1.54, 1.807) is 13.2 Å². The van der Waals surface area contributed by atoms with Gasteiger partial charge in [-0.05, 0) is 37.2 Å². The Labute approximate surface area is 135 Å². The number of hydrogen-bond donors (Lipinski definition) is 2. The summed E-state index contributed by atoms with van der Waals surface area (Å²) < 4.78 is 10.7. The molecule has 2 N–H and O–H groups in total. The minimum absolute atomic E-state index is 0.180. The molecule has 0 aromatic heterocycles. The summed E-state index contributed by atoms with van der Waals surface area (Å²) in [5.41, 5.74) is 0.832. The van der Waals surface area contributed by atoms with Gasteiger partial charge >= 0.3 is 0 Å². The van der Waals surface area contributed by atoms with Crippen molar-refractivity contribution in [3.8, 4) is 5.75 Å². The summed E-state index contributed by atoms with van der Waals surface area (Å²) >= 11 is 5.09. The first-order valence-corrected chi connectivity index (χ1v) is 7.61. The Hall–Kier alpha value is -1.92. The van der Waals surface area contributed by atoms with Crippen LogP contribution in [0.1, 0.15) is 18.4 Å². The Morgan fingerprint density at radius 2 is 2.32 bits per heavy atom. The van der Waals surface area contributed by atoms with E-state index in [1.807, 2.05) is 24.3 Å². The van der Waals surface area contributed by atoms with Crippen molar-refractivity contribution >= 4 is 29.3 Å². The predicted molar refractivity (Wildman–Crippen MR) is 89.7 cm³/mol. The highest BCUT2D eigenvalue weighted by Crippen LogP contribution is 2.18. The molecule has 1 atom stereocenters. The summed E-state index contributed by atoms with van der Waals surface area (Å²) in [7, 11) is 1.59. The molecule has 22 heavy (non-hydrogen) atoms. The molecular weight excluding hydrogens is 300 g/mol. The van der Waals surface area contributed by atoms with Crippen molar-refractivity contribution < 1.29 is 14.3 Å². The van der Waals surface area contributed by atoms with E-state index in [1.165, 1.54) is 6.08 Å². The number of para-hydroxylation sites is 1. The van der Waals surface area contributed by atoms with Gasteiger partial charge in [0.25, 0.3) is 0 Å². The van der Waals surface area contributed by atoms with E-state index in [-0.39, 0.29) is 12.0 Å². The molecule has 1 saturated heterocycles. The third kappa shape index (κ3) is 5.13. The molecule has 0 radical (unpaired) electrons. The fourth-order valence-corrected chi connectivity index (χ4v) is 2.36. The van der Waals surface area contributed by atoms with Gasteiger partial charge in [0.1, 0.15) is 5.75 Å². The van der Waals surface area contributed by atoms with Crippen LogP contribution in [0.5, 0.6) is 5.75 Å². The third-order valence-electron chi connectivity index (χ3n) is 3.30. The zero-order valence-corrected chi connectivity index (χ0v) is 13.3. The van der Waals surface area contributed by atoms with E-state index in [9.17, 15) is 4.79 Å². The molecule has 0 saturated carbocycles. The third-order valence-corrected chi connectivity index (χ3v) is 3.55. The smallest absolute Gasteiger partial charge is 0.250 e. The normalized spacial score (nSPS) is 17.4. The van der Waals surface area contributed by atoms with Crippen LogP contribution >= 0.6 is 12.2 Å². The van der Waals surface area contributed by atoms with Gasteiger partial charge in [-0.1, -0.05) is 18.2 Å². The van der Waals surface area contributed by atoms with E-state index in [0.717, 1.165) is 25.0 Å². The number of amides is 1. The molecule has 1 heterocycles. The summed E-state index contributed by atoms with van der Waals surface area (Å²) in [6.45, 7) is 1.42. The summed E-state index contributed by atoms with van der Waals surface area (Å²) in [6.07, 6.45) is 5.40. The number of benzene rings is 1. The molecule has 1 amide bonds. The minimum atomic E-state index is -0.282. The molecule has 1 aromatic rings. The summed E-state index contributed by atoms with van der Waals surface area (Å²) in [6, 6.07) is 7.47. The van der Waals surface area contributed by atoms with Gasteiger partial charge in [0.2, 0.25) is 5.91 Å². The number of hydrogen-bond acceptors (Lipinski definition) is 4. The van der Waals surface area contributed by atoms with Gasteiger partial charge in [0.05, 0.1) is 13.2 Å². The molecular formula is C16H20N2O3S. The van der Waals surface area contributed by atoms with Gasteiger partial charge in [-0.2, -0.15) is 0 Å². The van der Waals surface area contributed by atoms with E-state index < -0.39 is 0 Å². The monoisotopic (exact) mass is 320 g/mol. The number of ether oxygens (including phenoxy) is 2. The minimum Gasteiger partial charge on any atom is -0.496 e. The van der Waals surface area contributed by atoms with E-state index in [2.05, 4.69) is 10.6 Å². The molecule has 0 bridgehead atoms. The molecule has 6 heteroatoms. The SMILES string of the molecule is COc1ccccc1/C=C/C(=O)NC(=S)NC[C@@H]1CCCO1. The summed E-state index contributed by atoms with van der Waals surface area (Å²) in [5, 5.41) is 5.91. The largest absolute Gasteiger partial charge is 0.496 e. The maximum atomic E-state index is 11.8. The lowest BCUT2D eigenvalue weighted by Gasteiger charge is -2.12. The van der Waals surface area contributed by atoms with Crippen molar-refractivity contribution in [3.63, 3.8) is 0 Å². The molecule has 0 unspecified atom stereocenters. The van der Waals surface area contributed by atoms with Gasteiger partial charge in [-0.3, -0.25) is 10.1 Å². The highest BCUT2D eigenvalue weighted by atomic mass is 32.1. The molecule has 0 aliphatic carbocycles. The first kappa shape index (κ1) is 16.5. The Balaban J connectivity index is 1.78. The van der Waals surface area contributed by atoms with Crippen LogP contribution in [0.2, 0.25) is 0 Å². The van der Waals surface area contributed by atoms with E-state index >= 15 is 0 Å². The predicted octanol–water partition coefficient (Wildman–Crippen LogP) is 1.88. The Morgan fingerprint density at radius 3 is 3.05 bits per heavy atom. The quantitative estimate of drug-likeness (QED) is 0.641. The second-order valence-electron chi connectivity index (χ2n) is 4.91. The van der Waals surface area contributed by atoms with Gasteiger partial charge in [-0.25, -0.2) is 0 Å². The number of thiocarbonyl (C=S) groups is 1. The second kappa shape index (κ2) is 8.51. The summed E-state index contributed by atoms with van der Waals surface area (Å²) in [5.74, 6) is 0.432. The molecule has 5 nitrogen and oxygen atoms in total. The Kier molecular flexibility index (Phi) is 6.36. The van der Waals surface area contributed by atoms with Crippen molar-refractivity contribution in [2.75, 3.05) is 20.3 Å². The van der Waals surface area contributed by atoms with E-state index in [4.69, 9.17) is 21.7 Å². The molecule has 1 aromatic carbocycles. The zero-order valence-electron chi connectivity index (χ0n) is 12.5. The second-order valence-corrected chi connectivity index (χ2v) is 5.32. The average Bonchev–Trinajstić information content (AvgIpc) is 3.04. The van der Waals surface area contributed by atoms with Crippen LogP contribution in [-0.4, -0.2) is 37.4 Å². The van der Waals surface area contributed by atoms with Gasteiger partial charge < -0.3 is 14.8 Å². The number of rotatable bonds is 5. The van der Waals surface area contributed by atoms with Crippen molar-refractivity contribution in [2.24, 2.45) is 0 Å². The van der Waals surface area contributed by atoms with E-state index in [0.29, 0.717) is 17.4 Å². The first-order valence-electron chi connectivity index (χ1n) is 7.20. The Bertz CT molecular complexity index is 554. The van der Waals surface area contributed by atoms with Crippen LogP contribution in [0.4, 0.5) is 0 Å². The van der Waals surface area contributed by atoms with Crippen molar-refractivity contribution in [3.05, 3.63) is 35.9 Å². The number of carbonyl (C=O) groups excluding carboxylic acids is 1. The fourth-order valence-electron chi connectivity index (χ4n) is 2.18. The van der Waals surface area contributed by atoms with Crippen LogP contribution in [0, 0.1) is 0 Å². The number of carbonyl (C=O) groups is 1. The lowest BCUT2D eigenvalue weighted by Crippen LogP contribution is -2.41. The zero-order chi connectivity index (χ0) is 15.8. The molecule has 1 fully saturated rings. The van der Waals surface area contributed by atoms with Crippen molar-refractivity contribution in [1.29, 1.82) is 0 Å². The summed E-state index contributed by atoms with van der Waals surface area (Å²) in [4.78, 5) is 11.8. The van der Waals surface area contributed by atoms with Crippen molar-refractivity contribution in [2.45, 2.75) is 18.9 Å². The molecule has 2 rings (SSSR count). The average molecular weight is 320 g/mol. The van der Waals surface area contributed by atoms with Crippen LogP contribution in [0.3, 0.4) is 0 Å². The lowest BCUT2D eigenvalue weighted by atomic mass is 10.2. The van der Waals surface area contributed by atoms with Gasteiger partial charge in [0.15, 0.2) is 5.11 Å². The highest BCUT2D eigenvalue weighted by Gasteiger charge is 2.15. The molecule has 1 aliphatic heterocycles. The Morgan fingerprint density at radius 1 is 1.50 bits per heavy atom. The van der Waals surface area contributed by atoms with Crippen molar-refractivity contribution in [1.82, 2.24) is 10.6 Å². The number of methoxy groups -OCH3 is 1. The molecule has 118 valence electrons. The topological polar surface area (TPSA) is 59.6 Å². The fraction of sp³-hybridized carbons (Fsp3) is 0.375. The maximum absolute atomic E-state index is 11.8. The highest BCUT2D eigenvalue weighted by molar-refractivity contribution is 7.80. The van der Waals surface area contributed by atoms with Crippen LogP contribution in [0.15, 0.2) is 30.3 Å². The van der Waals surface area contributed by atoms with Gasteiger partial charge in [0, 0.05) is 24.8 Å². The van der Waals surface area contributed by atoms with Gasteiger partial charge in [-0.15, -0.1) is 0 Å². The lowest BCUT2D eigenvalue weighted by molar-refractivity contribution is -0.115. The van der Waals surface area contributed by atoms with Crippen LogP contribution in [0.25, 0.3) is 6.08 Å².